The Bertz CT molecular complexity index is 1000. The zero-order valence-corrected chi connectivity index (χ0v) is 17.7. The van der Waals surface area contributed by atoms with Crippen LogP contribution in [0.5, 0.6) is 5.75 Å². The Morgan fingerprint density at radius 1 is 1.10 bits per heavy atom. The lowest BCUT2D eigenvalue weighted by atomic mass is 10.1. The molecule has 0 unspecified atom stereocenters. The van der Waals surface area contributed by atoms with Crippen LogP contribution in [0.2, 0.25) is 0 Å². The van der Waals surface area contributed by atoms with Crippen molar-refractivity contribution in [3.8, 4) is 5.75 Å². The highest BCUT2D eigenvalue weighted by molar-refractivity contribution is 7.89. The first-order valence-corrected chi connectivity index (χ1v) is 11.3. The van der Waals surface area contributed by atoms with E-state index in [2.05, 4.69) is 10.0 Å². The first kappa shape index (κ1) is 21.8. The molecule has 0 saturated carbocycles. The molecule has 8 nitrogen and oxygen atoms in total. The number of amides is 2. The van der Waals surface area contributed by atoms with Crippen LogP contribution in [0, 0.1) is 5.92 Å². The summed E-state index contributed by atoms with van der Waals surface area (Å²) in [6.45, 7) is 4.74. The number of hydrogen-bond donors (Lipinski definition) is 2. The highest BCUT2D eigenvalue weighted by atomic mass is 32.2. The lowest BCUT2D eigenvalue weighted by Crippen LogP contribution is -2.28. The molecule has 1 aliphatic rings. The van der Waals surface area contributed by atoms with E-state index in [1.54, 1.807) is 36.1 Å². The molecule has 9 heteroatoms. The van der Waals surface area contributed by atoms with E-state index in [1.165, 1.54) is 24.3 Å². The molecular formula is C21H25N3O5S. The van der Waals surface area contributed by atoms with Gasteiger partial charge in [0.1, 0.15) is 5.75 Å². The van der Waals surface area contributed by atoms with Gasteiger partial charge in [-0.3, -0.25) is 9.59 Å². The Kier molecular flexibility index (Phi) is 6.73. The minimum absolute atomic E-state index is 0.117. The van der Waals surface area contributed by atoms with Gasteiger partial charge in [-0.25, -0.2) is 13.1 Å². The number of hydrogen-bond acceptors (Lipinski definition) is 5. The molecule has 0 bridgehead atoms. The van der Waals surface area contributed by atoms with Crippen LogP contribution in [0.4, 0.5) is 11.4 Å². The maximum Gasteiger partial charge on any atom is 0.240 e. The summed E-state index contributed by atoms with van der Waals surface area (Å²) in [4.78, 5) is 26.7. The summed E-state index contributed by atoms with van der Waals surface area (Å²) in [5.74, 6) is -0.165. The minimum Gasteiger partial charge on any atom is -0.494 e. The van der Waals surface area contributed by atoms with Crippen molar-refractivity contribution in [1.82, 2.24) is 4.72 Å². The normalized spacial score (nSPS) is 16.5. The van der Waals surface area contributed by atoms with Gasteiger partial charge in [-0.15, -0.1) is 0 Å². The van der Waals surface area contributed by atoms with E-state index >= 15 is 0 Å². The Morgan fingerprint density at radius 2 is 1.77 bits per heavy atom. The Hall–Kier alpha value is -2.91. The zero-order chi connectivity index (χ0) is 21.7. The molecule has 3 rings (SSSR count). The topological polar surface area (TPSA) is 105 Å². The van der Waals surface area contributed by atoms with E-state index in [0.29, 0.717) is 18.8 Å². The van der Waals surface area contributed by atoms with Crippen LogP contribution < -0.4 is 19.7 Å². The molecule has 30 heavy (non-hydrogen) atoms. The van der Waals surface area contributed by atoms with Gasteiger partial charge in [-0.2, -0.15) is 0 Å². The van der Waals surface area contributed by atoms with Crippen molar-refractivity contribution < 1.29 is 22.7 Å². The first-order valence-electron chi connectivity index (χ1n) is 9.78. The Balaban J connectivity index is 1.63. The van der Waals surface area contributed by atoms with Crippen LogP contribution in [0.15, 0.2) is 53.4 Å². The van der Waals surface area contributed by atoms with Gasteiger partial charge in [0, 0.05) is 30.9 Å². The van der Waals surface area contributed by atoms with Gasteiger partial charge in [0.25, 0.3) is 0 Å². The number of rotatable bonds is 8. The summed E-state index contributed by atoms with van der Waals surface area (Å²) in [5, 5.41) is 2.76. The van der Waals surface area contributed by atoms with Crippen LogP contribution in [0.1, 0.15) is 20.3 Å². The molecule has 0 spiro atoms. The summed E-state index contributed by atoms with van der Waals surface area (Å²) in [6, 6.07) is 13.1. The van der Waals surface area contributed by atoms with Crippen LogP contribution in [0.25, 0.3) is 0 Å². The summed E-state index contributed by atoms with van der Waals surface area (Å²) < 4.78 is 31.8. The molecule has 0 radical (unpaired) electrons. The van der Waals surface area contributed by atoms with Crippen LogP contribution in [0.3, 0.4) is 0 Å². The van der Waals surface area contributed by atoms with Gasteiger partial charge in [-0.1, -0.05) is 6.92 Å². The molecule has 2 N–H and O–H groups in total. The number of carbonyl (C=O) groups is 2. The predicted molar refractivity (Wildman–Crippen MR) is 114 cm³/mol. The number of carbonyl (C=O) groups excluding carboxylic acids is 2. The van der Waals surface area contributed by atoms with E-state index in [0.717, 1.165) is 11.4 Å². The second kappa shape index (κ2) is 9.27. The fourth-order valence-electron chi connectivity index (χ4n) is 3.26. The van der Waals surface area contributed by atoms with Crippen molar-refractivity contribution in [3.63, 3.8) is 0 Å². The second-order valence-electron chi connectivity index (χ2n) is 6.85. The highest BCUT2D eigenvalue weighted by Gasteiger charge is 2.35. The van der Waals surface area contributed by atoms with Crippen molar-refractivity contribution in [2.75, 3.05) is 29.9 Å². The summed E-state index contributed by atoms with van der Waals surface area (Å²) >= 11 is 0. The Labute approximate surface area is 176 Å². The second-order valence-corrected chi connectivity index (χ2v) is 8.61. The molecule has 0 aliphatic carbocycles. The van der Waals surface area contributed by atoms with E-state index < -0.39 is 15.9 Å². The maximum atomic E-state index is 12.6. The van der Waals surface area contributed by atoms with Gasteiger partial charge in [0.15, 0.2) is 0 Å². The van der Waals surface area contributed by atoms with Crippen molar-refractivity contribution in [3.05, 3.63) is 48.5 Å². The third kappa shape index (κ3) is 4.98. The molecule has 1 aliphatic heterocycles. The molecule has 2 amide bonds. The maximum absolute atomic E-state index is 12.6. The van der Waals surface area contributed by atoms with E-state index in [1.807, 2.05) is 6.92 Å². The van der Waals surface area contributed by atoms with Crippen molar-refractivity contribution >= 4 is 33.2 Å². The average Bonchev–Trinajstić information content (AvgIpc) is 3.11. The van der Waals surface area contributed by atoms with Crippen molar-refractivity contribution in [2.24, 2.45) is 5.92 Å². The number of ether oxygens (including phenoxy) is 1. The average molecular weight is 432 g/mol. The van der Waals surface area contributed by atoms with Gasteiger partial charge < -0.3 is 15.0 Å². The minimum atomic E-state index is -3.55. The summed E-state index contributed by atoms with van der Waals surface area (Å²) in [5.41, 5.74) is 1.19. The van der Waals surface area contributed by atoms with Gasteiger partial charge in [0.2, 0.25) is 21.8 Å². The first-order chi connectivity index (χ1) is 14.3. The van der Waals surface area contributed by atoms with Gasteiger partial charge in [0.05, 0.1) is 17.4 Å². The highest BCUT2D eigenvalue weighted by Crippen LogP contribution is 2.28. The number of benzene rings is 2. The molecule has 1 saturated heterocycles. The molecule has 1 atom stereocenters. The fraction of sp³-hybridized carbons (Fsp3) is 0.333. The third-order valence-electron chi connectivity index (χ3n) is 4.72. The van der Waals surface area contributed by atoms with E-state index in [9.17, 15) is 18.0 Å². The van der Waals surface area contributed by atoms with Gasteiger partial charge in [-0.05, 0) is 55.5 Å². The van der Waals surface area contributed by atoms with Crippen LogP contribution >= 0.6 is 0 Å². The van der Waals surface area contributed by atoms with Crippen molar-refractivity contribution in [2.45, 2.75) is 25.2 Å². The van der Waals surface area contributed by atoms with Crippen LogP contribution in [-0.2, 0) is 19.6 Å². The van der Waals surface area contributed by atoms with E-state index in [4.69, 9.17) is 4.74 Å². The standard InChI is InChI=1S/C21H25N3O5S/c1-3-22-30(27,28)19-11-5-16(6-12-19)23-21(26)15-13-20(25)24(14-15)17-7-9-18(10-8-17)29-4-2/h5-12,15,22H,3-4,13-14H2,1-2H3,(H,23,26)/t15-/m0/s1. The Morgan fingerprint density at radius 3 is 2.37 bits per heavy atom. The molecular weight excluding hydrogens is 406 g/mol. The third-order valence-corrected chi connectivity index (χ3v) is 6.28. The summed E-state index contributed by atoms with van der Waals surface area (Å²) in [6.07, 6.45) is 0.117. The molecule has 1 heterocycles. The molecule has 1 fully saturated rings. The number of nitrogens with one attached hydrogen (secondary N) is 2. The molecule has 2 aromatic carbocycles. The smallest absolute Gasteiger partial charge is 0.240 e. The number of nitrogens with zero attached hydrogens (tertiary/aromatic N) is 1. The largest absolute Gasteiger partial charge is 0.494 e. The number of anilines is 2. The molecule has 160 valence electrons. The lowest BCUT2D eigenvalue weighted by Gasteiger charge is -2.17. The monoisotopic (exact) mass is 431 g/mol. The summed E-state index contributed by atoms with van der Waals surface area (Å²) in [7, 11) is -3.55. The lowest BCUT2D eigenvalue weighted by molar-refractivity contribution is -0.122. The quantitative estimate of drug-likeness (QED) is 0.668. The van der Waals surface area contributed by atoms with E-state index in [-0.39, 0.29) is 29.7 Å². The zero-order valence-electron chi connectivity index (χ0n) is 16.9. The van der Waals surface area contributed by atoms with Gasteiger partial charge >= 0.3 is 0 Å². The fourth-order valence-corrected chi connectivity index (χ4v) is 4.30. The molecule has 0 aromatic heterocycles. The van der Waals surface area contributed by atoms with Crippen LogP contribution in [-0.4, -0.2) is 39.9 Å². The number of sulfonamides is 1. The van der Waals surface area contributed by atoms with Crippen molar-refractivity contribution in [1.29, 1.82) is 0 Å². The molecule has 2 aromatic rings. The SMILES string of the molecule is CCNS(=O)(=O)c1ccc(NC(=O)[C@H]2CC(=O)N(c3ccc(OCC)cc3)C2)cc1. The predicted octanol–water partition coefficient (Wildman–Crippen LogP) is 2.38.